The van der Waals surface area contributed by atoms with Crippen molar-refractivity contribution in [2.45, 2.75) is 32.7 Å². The van der Waals surface area contributed by atoms with Gasteiger partial charge in [0.25, 0.3) is 0 Å². The van der Waals surface area contributed by atoms with Gasteiger partial charge >= 0.3 is 0 Å². The van der Waals surface area contributed by atoms with Crippen molar-refractivity contribution in [3.63, 3.8) is 0 Å². The van der Waals surface area contributed by atoms with Crippen LogP contribution in [-0.2, 0) is 21.4 Å². The molecule has 1 spiro atoms. The van der Waals surface area contributed by atoms with Gasteiger partial charge in [0, 0.05) is 19.0 Å². The molecule has 2 aliphatic rings. The molecule has 1 aromatic rings. The first-order valence-corrected chi connectivity index (χ1v) is 9.36. The molecule has 0 radical (unpaired) electrons. The molecule has 2 fully saturated rings. The predicted molar refractivity (Wildman–Crippen MR) is 81.4 cm³/mol. The number of carbonyl (C=O) groups excluding carboxylic acids is 1. The Bertz CT molecular complexity index is 641. The molecule has 0 bridgehead atoms. The van der Waals surface area contributed by atoms with Crippen molar-refractivity contribution in [1.82, 2.24) is 9.62 Å². The van der Waals surface area contributed by atoms with Gasteiger partial charge in [-0.25, -0.2) is 12.7 Å². The second-order valence-electron chi connectivity index (χ2n) is 6.32. The van der Waals surface area contributed by atoms with E-state index >= 15 is 0 Å². The Morgan fingerprint density at radius 2 is 2.36 bits per heavy atom. The van der Waals surface area contributed by atoms with Gasteiger partial charge in [0.1, 0.15) is 5.76 Å². The summed E-state index contributed by atoms with van der Waals surface area (Å²) in [6.45, 7) is 3.29. The maximum atomic E-state index is 12.2. The number of rotatable bonds is 6. The van der Waals surface area contributed by atoms with Crippen LogP contribution in [0.3, 0.4) is 0 Å². The summed E-state index contributed by atoms with van der Waals surface area (Å²) in [5.74, 6) is 0.857. The Morgan fingerprint density at radius 3 is 3.05 bits per heavy atom. The van der Waals surface area contributed by atoms with Crippen molar-refractivity contribution in [2.24, 2.45) is 11.3 Å². The fourth-order valence-electron chi connectivity index (χ4n) is 3.36. The maximum absolute atomic E-state index is 12.2. The normalized spacial score (nSPS) is 28.1. The first kappa shape index (κ1) is 15.6. The Morgan fingerprint density at radius 1 is 1.55 bits per heavy atom. The zero-order valence-electron chi connectivity index (χ0n) is 12.7. The molecule has 1 aliphatic heterocycles. The zero-order valence-corrected chi connectivity index (χ0v) is 13.6. The molecule has 1 aliphatic carbocycles. The topological polar surface area (TPSA) is 79.6 Å². The van der Waals surface area contributed by atoms with Crippen LogP contribution in [0.4, 0.5) is 0 Å². The Kier molecular flexibility index (Phi) is 4.03. The SMILES string of the molecule is CCCS(=O)(=O)N1CCC2(CC2C(=O)NCc2ccco2)C1. The number of nitrogens with one attached hydrogen (secondary N) is 1. The van der Waals surface area contributed by atoms with Crippen molar-refractivity contribution in [3.05, 3.63) is 24.2 Å². The van der Waals surface area contributed by atoms with E-state index < -0.39 is 10.0 Å². The van der Waals surface area contributed by atoms with Crippen LogP contribution in [0.25, 0.3) is 0 Å². The molecule has 1 saturated carbocycles. The highest BCUT2D eigenvalue weighted by Gasteiger charge is 2.61. The summed E-state index contributed by atoms with van der Waals surface area (Å²) in [7, 11) is -3.15. The smallest absolute Gasteiger partial charge is 0.224 e. The van der Waals surface area contributed by atoms with Crippen LogP contribution in [0.2, 0.25) is 0 Å². The highest BCUT2D eigenvalue weighted by atomic mass is 32.2. The lowest BCUT2D eigenvalue weighted by Gasteiger charge is -2.16. The molecular weight excluding hydrogens is 304 g/mol. The van der Waals surface area contributed by atoms with Crippen molar-refractivity contribution in [1.29, 1.82) is 0 Å². The second kappa shape index (κ2) is 5.70. The fraction of sp³-hybridized carbons (Fsp3) is 0.667. The molecule has 6 nitrogen and oxygen atoms in total. The number of carbonyl (C=O) groups is 1. The molecule has 0 aromatic carbocycles. The van der Waals surface area contributed by atoms with Gasteiger partial charge in [-0.2, -0.15) is 0 Å². The molecule has 122 valence electrons. The number of sulfonamides is 1. The van der Waals surface area contributed by atoms with Crippen molar-refractivity contribution < 1.29 is 17.6 Å². The largest absolute Gasteiger partial charge is 0.467 e. The summed E-state index contributed by atoms with van der Waals surface area (Å²) in [4.78, 5) is 12.2. The van der Waals surface area contributed by atoms with Crippen LogP contribution in [-0.4, -0.2) is 37.5 Å². The molecule has 2 unspecified atom stereocenters. The first-order valence-electron chi connectivity index (χ1n) is 7.75. The van der Waals surface area contributed by atoms with Gasteiger partial charge in [0.2, 0.25) is 15.9 Å². The summed E-state index contributed by atoms with van der Waals surface area (Å²) >= 11 is 0. The zero-order chi connectivity index (χ0) is 15.8. The molecule has 1 amide bonds. The van der Waals surface area contributed by atoms with Gasteiger partial charge in [-0.3, -0.25) is 4.79 Å². The minimum Gasteiger partial charge on any atom is -0.467 e. The first-order chi connectivity index (χ1) is 10.5. The molecule has 22 heavy (non-hydrogen) atoms. The van der Waals surface area contributed by atoms with Crippen molar-refractivity contribution >= 4 is 15.9 Å². The van der Waals surface area contributed by atoms with E-state index in [-0.39, 0.29) is 23.0 Å². The van der Waals surface area contributed by atoms with E-state index in [0.29, 0.717) is 26.1 Å². The minimum absolute atomic E-state index is 0.00568. The molecule has 1 aromatic heterocycles. The molecule has 2 atom stereocenters. The Hall–Kier alpha value is -1.34. The van der Waals surface area contributed by atoms with Crippen LogP contribution in [0.1, 0.15) is 31.9 Å². The standard InChI is InChI=1S/C15H22N2O4S/c1-2-8-22(19,20)17-6-5-15(11-17)9-13(15)14(18)16-10-12-4-3-7-21-12/h3-4,7,13H,2,5-6,8-11H2,1H3,(H,16,18). The van der Waals surface area contributed by atoms with E-state index in [1.165, 1.54) is 0 Å². The molecular formula is C15H22N2O4S. The molecule has 7 heteroatoms. The number of amides is 1. The maximum Gasteiger partial charge on any atom is 0.224 e. The van der Waals surface area contributed by atoms with E-state index in [1.807, 2.05) is 13.0 Å². The van der Waals surface area contributed by atoms with Gasteiger partial charge in [0.05, 0.1) is 18.6 Å². The van der Waals surface area contributed by atoms with Gasteiger partial charge < -0.3 is 9.73 Å². The third kappa shape index (κ3) is 2.92. The second-order valence-corrected chi connectivity index (χ2v) is 8.40. The minimum atomic E-state index is -3.15. The predicted octanol–water partition coefficient (Wildman–Crippen LogP) is 1.35. The van der Waals surface area contributed by atoms with Gasteiger partial charge in [0.15, 0.2) is 0 Å². The summed E-state index contributed by atoms with van der Waals surface area (Å²) in [5, 5.41) is 2.88. The van der Waals surface area contributed by atoms with E-state index in [1.54, 1.807) is 16.6 Å². The Balaban J connectivity index is 1.54. The van der Waals surface area contributed by atoms with Crippen LogP contribution in [0, 0.1) is 11.3 Å². The molecule has 3 rings (SSSR count). The highest BCUT2D eigenvalue weighted by Crippen LogP contribution is 2.58. The number of hydrogen-bond acceptors (Lipinski definition) is 4. The quantitative estimate of drug-likeness (QED) is 0.856. The van der Waals surface area contributed by atoms with E-state index in [0.717, 1.165) is 18.6 Å². The van der Waals surface area contributed by atoms with E-state index in [9.17, 15) is 13.2 Å². The summed E-state index contributed by atoms with van der Waals surface area (Å²) in [5.41, 5.74) is -0.131. The Labute approximate surface area is 130 Å². The van der Waals surface area contributed by atoms with Gasteiger partial charge in [-0.1, -0.05) is 6.92 Å². The number of nitrogens with zero attached hydrogens (tertiary/aromatic N) is 1. The number of hydrogen-bond donors (Lipinski definition) is 1. The monoisotopic (exact) mass is 326 g/mol. The lowest BCUT2D eigenvalue weighted by atomic mass is 10.0. The fourth-order valence-corrected chi connectivity index (χ4v) is 4.96. The van der Waals surface area contributed by atoms with E-state index in [4.69, 9.17) is 4.42 Å². The number of furan rings is 1. The van der Waals surface area contributed by atoms with Crippen LogP contribution < -0.4 is 5.32 Å². The summed E-state index contributed by atoms with van der Waals surface area (Å²) in [6, 6.07) is 3.60. The average Bonchev–Trinajstić information content (AvgIpc) is 2.82. The lowest BCUT2D eigenvalue weighted by molar-refractivity contribution is -0.123. The molecule has 1 saturated heterocycles. The van der Waals surface area contributed by atoms with Gasteiger partial charge in [-0.15, -0.1) is 0 Å². The van der Waals surface area contributed by atoms with Crippen molar-refractivity contribution in [2.75, 3.05) is 18.8 Å². The summed E-state index contributed by atoms with van der Waals surface area (Å²) in [6.07, 6.45) is 3.77. The van der Waals surface area contributed by atoms with Gasteiger partial charge in [-0.05, 0) is 36.8 Å². The third-order valence-corrected chi connectivity index (χ3v) is 6.75. The highest BCUT2D eigenvalue weighted by molar-refractivity contribution is 7.89. The van der Waals surface area contributed by atoms with Crippen LogP contribution in [0.5, 0.6) is 0 Å². The van der Waals surface area contributed by atoms with Crippen LogP contribution in [0.15, 0.2) is 22.8 Å². The summed E-state index contributed by atoms with van der Waals surface area (Å²) < 4.78 is 31.0. The third-order valence-electron chi connectivity index (χ3n) is 4.73. The van der Waals surface area contributed by atoms with E-state index in [2.05, 4.69) is 5.32 Å². The lowest BCUT2D eigenvalue weighted by Crippen LogP contribution is -2.32. The van der Waals surface area contributed by atoms with Crippen LogP contribution >= 0.6 is 0 Å². The average molecular weight is 326 g/mol. The molecule has 2 heterocycles. The van der Waals surface area contributed by atoms with Crippen molar-refractivity contribution in [3.8, 4) is 0 Å². The molecule has 1 N–H and O–H groups in total.